The van der Waals surface area contributed by atoms with Crippen molar-refractivity contribution in [3.05, 3.63) is 0 Å². The average Bonchev–Trinajstić information content (AvgIpc) is 1.59. The van der Waals surface area contributed by atoms with Crippen LogP contribution in [0.25, 0.3) is 0 Å². The van der Waals surface area contributed by atoms with Crippen molar-refractivity contribution in [3.8, 4) is 6.19 Å². The monoisotopic (exact) mass is 141 g/mol. The first kappa shape index (κ1) is 8.72. The molecule has 5 nitrogen and oxygen atoms in total. The highest BCUT2D eigenvalue weighted by atomic mass is 15.1. The Hall–Kier alpha value is -1.28. The summed E-state index contributed by atoms with van der Waals surface area (Å²) in [6, 6.07) is 0. The summed E-state index contributed by atoms with van der Waals surface area (Å²) < 4.78 is 0. The van der Waals surface area contributed by atoms with E-state index in [4.69, 9.17) is 16.7 Å². The van der Waals surface area contributed by atoms with E-state index in [1.807, 2.05) is 0 Å². The van der Waals surface area contributed by atoms with E-state index in [0.29, 0.717) is 0 Å². The van der Waals surface area contributed by atoms with E-state index in [-0.39, 0.29) is 5.96 Å². The predicted octanol–water partition coefficient (Wildman–Crippen LogP) is -0.933. The molecule has 0 aliphatic heterocycles. The molecule has 10 heavy (non-hydrogen) atoms. The Kier molecular flexibility index (Phi) is 2.65. The van der Waals surface area contributed by atoms with E-state index in [1.54, 1.807) is 20.0 Å². The van der Waals surface area contributed by atoms with Gasteiger partial charge in [0.05, 0.1) is 0 Å². The largest absolute Gasteiger partial charge is 0.369 e. The summed E-state index contributed by atoms with van der Waals surface area (Å²) in [6.07, 6.45) is 1.63. The summed E-state index contributed by atoms with van der Waals surface area (Å²) in [5.74, 6) is 0.0370. The molecule has 5 heteroatoms. The van der Waals surface area contributed by atoms with Crippen molar-refractivity contribution in [1.82, 2.24) is 5.32 Å². The third-order valence-corrected chi connectivity index (χ3v) is 0.593. The number of hydrogen-bond acceptors (Lipinski definition) is 3. The molecule has 0 aliphatic carbocycles. The molecule has 0 heterocycles. The minimum atomic E-state index is -0.728. The molecule has 0 unspecified atom stereocenters. The van der Waals surface area contributed by atoms with E-state index in [0.717, 1.165) is 0 Å². The first-order valence-corrected chi connectivity index (χ1v) is 2.75. The first-order valence-electron chi connectivity index (χ1n) is 2.75. The molecule has 56 valence electrons. The Morgan fingerprint density at radius 3 is 2.50 bits per heavy atom. The molecule has 0 saturated heterocycles. The lowest BCUT2D eigenvalue weighted by molar-refractivity contribution is 0.547. The minimum absolute atomic E-state index is 0.0370. The molecule has 0 amide bonds. The Balaban J connectivity index is 4.06. The van der Waals surface area contributed by atoms with E-state index >= 15 is 0 Å². The van der Waals surface area contributed by atoms with Gasteiger partial charge in [0.1, 0.15) is 5.66 Å². The van der Waals surface area contributed by atoms with Crippen LogP contribution in [-0.4, -0.2) is 11.6 Å². The quantitative estimate of drug-likeness (QED) is 0.190. The number of nitrogens with one attached hydrogen (secondary N) is 1. The minimum Gasteiger partial charge on any atom is -0.369 e. The van der Waals surface area contributed by atoms with Gasteiger partial charge in [0.2, 0.25) is 5.96 Å². The van der Waals surface area contributed by atoms with Crippen molar-refractivity contribution in [3.63, 3.8) is 0 Å². The Morgan fingerprint density at radius 1 is 1.70 bits per heavy atom. The molecule has 0 atom stereocenters. The van der Waals surface area contributed by atoms with Gasteiger partial charge in [-0.05, 0) is 13.8 Å². The van der Waals surface area contributed by atoms with Crippen LogP contribution in [0.4, 0.5) is 0 Å². The topological polar surface area (TPSA) is 100 Å². The smallest absolute Gasteiger partial charge is 0.203 e. The third kappa shape index (κ3) is 4.87. The van der Waals surface area contributed by atoms with E-state index in [9.17, 15) is 0 Å². The van der Waals surface area contributed by atoms with Crippen LogP contribution < -0.4 is 16.8 Å². The second-order valence-electron chi connectivity index (χ2n) is 2.39. The van der Waals surface area contributed by atoms with Crippen LogP contribution in [0.15, 0.2) is 4.99 Å². The van der Waals surface area contributed by atoms with Crippen molar-refractivity contribution >= 4 is 5.96 Å². The summed E-state index contributed by atoms with van der Waals surface area (Å²) in [7, 11) is 0. The summed E-state index contributed by atoms with van der Waals surface area (Å²) in [5.41, 5.74) is 9.93. The van der Waals surface area contributed by atoms with Gasteiger partial charge in [0.25, 0.3) is 0 Å². The van der Waals surface area contributed by atoms with Crippen LogP contribution in [0, 0.1) is 11.5 Å². The van der Waals surface area contributed by atoms with Crippen molar-refractivity contribution in [2.75, 3.05) is 0 Å². The fourth-order valence-electron chi connectivity index (χ4n) is 0.396. The zero-order valence-electron chi connectivity index (χ0n) is 6.05. The highest BCUT2D eigenvalue weighted by Gasteiger charge is 2.07. The van der Waals surface area contributed by atoms with E-state index < -0.39 is 5.66 Å². The molecular formula is C5H11N5. The Labute approximate surface area is 59.7 Å². The van der Waals surface area contributed by atoms with Gasteiger partial charge < -0.3 is 11.5 Å². The molecule has 0 saturated carbocycles. The summed E-state index contributed by atoms with van der Waals surface area (Å²) in [5, 5.41) is 10.2. The fourth-order valence-corrected chi connectivity index (χ4v) is 0.396. The lowest BCUT2D eigenvalue weighted by Crippen LogP contribution is -2.37. The molecule has 0 rings (SSSR count). The van der Waals surface area contributed by atoms with Crippen molar-refractivity contribution in [1.29, 1.82) is 5.26 Å². The number of nitrogens with zero attached hydrogens (tertiary/aromatic N) is 2. The summed E-state index contributed by atoms with van der Waals surface area (Å²) >= 11 is 0. The number of guanidine groups is 1. The standard InChI is InChI=1S/C5H11N5/c1-5(2,8)10-4(7)9-3-6/h8H2,1-2H3,(H3,7,9,10). The number of nitriles is 1. The molecule has 0 aromatic heterocycles. The van der Waals surface area contributed by atoms with Gasteiger partial charge in [-0.1, -0.05) is 0 Å². The van der Waals surface area contributed by atoms with Gasteiger partial charge >= 0.3 is 0 Å². The Morgan fingerprint density at radius 2 is 2.20 bits per heavy atom. The molecular weight excluding hydrogens is 130 g/mol. The van der Waals surface area contributed by atoms with Gasteiger partial charge in [-0.15, -0.1) is 0 Å². The molecule has 0 aliphatic rings. The molecule has 0 bridgehead atoms. The zero-order chi connectivity index (χ0) is 8.20. The number of hydrogen-bond donors (Lipinski definition) is 3. The second-order valence-corrected chi connectivity index (χ2v) is 2.39. The highest BCUT2D eigenvalue weighted by Crippen LogP contribution is 1.95. The van der Waals surface area contributed by atoms with Crippen LogP contribution in [0.1, 0.15) is 13.8 Å². The van der Waals surface area contributed by atoms with E-state index in [1.165, 1.54) is 0 Å². The molecule has 0 fully saturated rings. The number of aliphatic imine (C=N–C) groups is 1. The van der Waals surface area contributed by atoms with Gasteiger partial charge in [0, 0.05) is 0 Å². The van der Waals surface area contributed by atoms with Crippen molar-refractivity contribution < 1.29 is 0 Å². The molecule has 0 spiro atoms. The predicted molar refractivity (Wildman–Crippen MR) is 38.6 cm³/mol. The van der Waals surface area contributed by atoms with Crippen LogP contribution in [-0.2, 0) is 0 Å². The lowest BCUT2D eigenvalue weighted by Gasteiger charge is -2.12. The first-order chi connectivity index (χ1) is 4.45. The summed E-state index contributed by atoms with van der Waals surface area (Å²) in [6.45, 7) is 3.36. The van der Waals surface area contributed by atoms with E-state index in [2.05, 4.69) is 10.3 Å². The number of rotatable bonds is 1. The Bertz CT molecular complexity index is 169. The van der Waals surface area contributed by atoms with Crippen molar-refractivity contribution in [2.24, 2.45) is 16.5 Å². The second kappa shape index (κ2) is 3.03. The third-order valence-electron chi connectivity index (χ3n) is 0.593. The maximum absolute atomic E-state index is 8.07. The SMILES string of the molecule is CC(C)(N)N=C(N)NC#N. The van der Waals surface area contributed by atoms with Gasteiger partial charge in [-0.3, -0.25) is 5.32 Å². The fraction of sp³-hybridized carbons (Fsp3) is 0.600. The zero-order valence-corrected chi connectivity index (χ0v) is 6.05. The van der Waals surface area contributed by atoms with Crippen molar-refractivity contribution in [2.45, 2.75) is 19.5 Å². The van der Waals surface area contributed by atoms with Gasteiger partial charge in [0.15, 0.2) is 6.19 Å². The van der Waals surface area contributed by atoms with Crippen LogP contribution >= 0.6 is 0 Å². The maximum Gasteiger partial charge on any atom is 0.203 e. The number of nitrogens with two attached hydrogens (primary N) is 2. The van der Waals surface area contributed by atoms with Crippen LogP contribution in [0.5, 0.6) is 0 Å². The molecule has 5 N–H and O–H groups in total. The van der Waals surface area contributed by atoms with Crippen LogP contribution in [0.3, 0.4) is 0 Å². The molecule has 0 aromatic carbocycles. The molecule has 0 radical (unpaired) electrons. The van der Waals surface area contributed by atoms with Crippen LogP contribution in [0.2, 0.25) is 0 Å². The average molecular weight is 141 g/mol. The maximum atomic E-state index is 8.07. The normalized spacial score (nSPS) is 12.4. The summed E-state index contributed by atoms with van der Waals surface area (Å²) in [4.78, 5) is 3.74. The molecule has 0 aromatic rings. The highest BCUT2D eigenvalue weighted by molar-refractivity contribution is 5.79. The lowest BCUT2D eigenvalue weighted by atomic mass is 10.3. The van der Waals surface area contributed by atoms with Gasteiger partial charge in [-0.2, -0.15) is 5.26 Å². The van der Waals surface area contributed by atoms with Gasteiger partial charge in [-0.25, -0.2) is 4.99 Å².